The van der Waals surface area contributed by atoms with Crippen LogP contribution in [-0.2, 0) is 14.8 Å². The number of thiophene rings is 1. The third kappa shape index (κ3) is 6.02. The molecule has 0 aliphatic carbocycles. The lowest BCUT2D eigenvalue weighted by atomic mass is 9.94. The summed E-state index contributed by atoms with van der Waals surface area (Å²) in [5.41, 5.74) is 0. The molecule has 0 radical (unpaired) electrons. The molecular formula is C20H33N3O3S2. The second kappa shape index (κ2) is 10.2. The van der Waals surface area contributed by atoms with Crippen molar-refractivity contribution in [3.05, 3.63) is 17.5 Å². The topological polar surface area (TPSA) is 69.7 Å². The minimum absolute atomic E-state index is 0.103. The number of carbonyl (C=O) groups is 1. The lowest BCUT2D eigenvalue weighted by Gasteiger charge is -2.31. The lowest BCUT2D eigenvalue weighted by molar-refractivity contribution is -0.122. The van der Waals surface area contributed by atoms with Crippen molar-refractivity contribution >= 4 is 27.3 Å². The summed E-state index contributed by atoms with van der Waals surface area (Å²) in [7, 11) is -3.36. The largest absolute Gasteiger partial charge is 0.356 e. The fourth-order valence-electron chi connectivity index (χ4n) is 4.25. The molecule has 28 heavy (non-hydrogen) atoms. The average molecular weight is 428 g/mol. The molecule has 158 valence electrons. The molecule has 1 unspecified atom stereocenters. The fraction of sp³-hybridized carbons (Fsp3) is 0.750. The average Bonchev–Trinajstić information content (AvgIpc) is 3.21. The molecule has 1 aromatic rings. The van der Waals surface area contributed by atoms with Crippen LogP contribution in [0.5, 0.6) is 0 Å². The van der Waals surface area contributed by atoms with Crippen LogP contribution in [-0.4, -0.2) is 62.8 Å². The Kier molecular flexibility index (Phi) is 7.91. The third-order valence-corrected chi connectivity index (χ3v) is 9.12. The highest BCUT2D eigenvalue weighted by Gasteiger charge is 2.30. The molecule has 1 aromatic heterocycles. The van der Waals surface area contributed by atoms with Crippen molar-refractivity contribution in [2.45, 2.75) is 49.7 Å². The highest BCUT2D eigenvalue weighted by atomic mass is 32.2. The highest BCUT2D eigenvalue weighted by molar-refractivity contribution is 7.91. The van der Waals surface area contributed by atoms with Gasteiger partial charge in [-0.25, -0.2) is 8.42 Å². The maximum Gasteiger partial charge on any atom is 0.252 e. The zero-order chi connectivity index (χ0) is 20.0. The van der Waals surface area contributed by atoms with Gasteiger partial charge in [-0.15, -0.1) is 11.3 Å². The molecule has 6 nitrogen and oxygen atoms in total. The van der Waals surface area contributed by atoms with Gasteiger partial charge in [-0.05, 0) is 68.5 Å². The van der Waals surface area contributed by atoms with E-state index in [0.29, 0.717) is 23.7 Å². The van der Waals surface area contributed by atoms with Gasteiger partial charge in [0.25, 0.3) is 10.0 Å². The van der Waals surface area contributed by atoms with Gasteiger partial charge in [-0.2, -0.15) is 4.31 Å². The zero-order valence-electron chi connectivity index (χ0n) is 16.8. The van der Waals surface area contributed by atoms with Crippen LogP contribution >= 0.6 is 11.3 Å². The van der Waals surface area contributed by atoms with Crippen LogP contribution in [0.2, 0.25) is 0 Å². The van der Waals surface area contributed by atoms with Gasteiger partial charge in [0, 0.05) is 32.6 Å². The molecule has 8 heteroatoms. The number of sulfonamides is 1. The molecule has 3 heterocycles. The Hall–Kier alpha value is -0.960. The minimum atomic E-state index is -3.36. The second-order valence-corrected chi connectivity index (χ2v) is 11.3. The number of hydrogen-bond acceptors (Lipinski definition) is 5. The van der Waals surface area contributed by atoms with Crippen molar-refractivity contribution in [1.82, 2.24) is 14.5 Å². The standard InChI is InChI=1S/C20H33N3O3S2/c1-17-5-2-10-22(16-17)11-4-9-21-19(24)15-18-7-12-23(13-8-18)28(25,26)20-6-3-14-27-20/h3,6,14,17-18H,2,4-5,7-13,15-16H2,1H3,(H,21,24). The number of carbonyl (C=O) groups excluding carboxylic acids is 1. The van der Waals surface area contributed by atoms with E-state index in [0.717, 1.165) is 38.3 Å². The first-order valence-corrected chi connectivity index (χ1v) is 12.8. The summed E-state index contributed by atoms with van der Waals surface area (Å²) in [6, 6.07) is 3.42. The molecule has 2 saturated heterocycles. The molecule has 0 saturated carbocycles. The Morgan fingerprint density at radius 2 is 2.04 bits per heavy atom. The summed E-state index contributed by atoms with van der Waals surface area (Å²) in [6.07, 6.45) is 5.63. The van der Waals surface area contributed by atoms with Crippen LogP contribution in [0.4, 0.5) is 0 Å². The van der Waals surface area contributed by atoms with Gasteiger partial charge >= 0.3 is 0 Å². The number of hydrogen-bond donors (Lipinski definition) is 1. The van der Waals surface area contributed by atoms with Crippen molar-refractivity contribution in [3.8, 4) is 0 Å². The van der Waals surface area contributed by atoms with Crippen molar-refractivity contribution in [2.75, 3.05) is 39.3 Å². The number of piperidine rings is 2. The van der Waals surface area contributed by atoms with Crippen LogP contribution in [0.15, 0.2) is 21.7 Å². The monoisotopic (exact) mass is 427 g/mol. The van der Waals surface area contributed by atoms with E-state index in [1.165, 1.54) is 37.3 Å². The Morgan fingerprint density at radius 3 is 2.71 bits per heavy atom. The van der Waals surface area contributed by atoms with Gasteiger partial charge in [0.05, 0.1) is 0 Å². The molecule has 1 N–H and O–H groups in total. The van der Waals surface area contributed by atoms with E-state index >= 15 is 0 Å². The van der Waals surface area contributed by atoms with E-state index in [1.807, 2.05) is 0 Å². The van der Waals surface area contributed by atoms with E-state index in [-0.39, 0.29) is 11.8 Å². The van der Waals surface area contributed by atoms with E-state index in [2.05, 4.69) is 17.1 Å². The minimum Gasteiger partial charge on any atom is -0.356 e. The van der Waals surface area contributed by atoms with Crippen LogP contribution in [0.25, 0.3) is 0 Å². The maximum absolute atomic E-state index is 12.6. The second-order valence-electron chi connectivity index (χ2n) is 8.24. The number of nitrogens with zero attached hydrogens (tertiary/aromatic N) is 2. The Morgan fingerprint density at radius 1 is 1.25 bits per heavy atom. The van der Waals surface area contributed by atoms with Gasteiger partial charge in [-0.1, -0.05) is 13.0 Å². The van der Waals surface area contributed by atoms with E-state index in [4.69, 9.17) is 0 Å². The molecule has 2 fully saturated rings. The molecular weight excluding hydrogens is 394 g/mol. The quantitative estimate of drug-likeness (QED) is 0.648. The predicted octanol–water partition coefficient (Wildman–Crippen LogP) is 2.78. The first kappa shape index (κ1) is 21.7. The Balaban J connectivity index is 1.32. The van der Waals surface area contributed by atoms with Gasteiger partial charge in [0.1, 0.15) is 4.21 Å². The molecule has 2 aliphatic rings. The molecule has 0 bridgehead atoms. The number of likely N-dealkylation sites (tertiary alicyclic amines) is 1. The summed E-state index contributed by atoms with van der Waals surface area (Å²) in [5, 5.41) is 4.84. The lowest BCUT2D eigenvalue weighted by Crippen LogP contribution is -2.39. The van der Waals surface area contributed by atoms with Crippen LogP contribution in [0.3, 0.4) is 0 Å². The SMILES string of the molecule is CC1CCCN(CCCNC(=O)CC2CCN(S(=O)(=O)c3cccs3)CC2)C1. The van der Waals surface area contributed by atoms with Gasteiger partial charge in [-0.3, -0.25) is 4.79 Å². The van der Waals surface area contributed by atoms with Gasteiger partial charge in [0.15, 0.2) is 0 Å². The molecule has 2 aliphatic heterocycles. The van der Waals surface area contributed by atoms with Crippen LogP contribution in [0.1, 0.15) is 45.4 Å². The van der Waals surface area contributed by atoms with Crippen LogP contribution in [0, 0.1) is 11.8 Å². The van der Waals surface area contributed by atoms with E-state index in [9.17, 15) is 13.2 Å². The first-order valence-electron chi connectivity index (χ1n) is 10.5. The highest BCUT2D eigenvalue weighted by Crippen LogP contribution is 2.27. The number of amides is 1. The summed E-state index contributed by atoms with van der Waals surface area (Å²) in [4.78, 5) is 14.7. The number of nitrogens with one attached hydrogen (secondary N) is 1. The summed E-state index contributed by atoms with van der Waals surface area (Å²) in [6.45, 7) is 7.48. The van der Waals surface area contributed by atoms with Crippen molar-refractivity contribution in [2.24, 2.45) is 11.8 Å². The summed E-state index contributed by atoms with van der Waals surface area (Å²) >= 11 is 1.26. The first-order chi connectivity index (χ1) is 13.4. The van der Waals surface area contributed by atoms with Crippen molar-refractivity contribution in [3.63, 3.8) is 0 Å². The smallest absolute Gasteiger partial charge is 0.252 e. The molecule has 3 rings (SSSR count). The van der Waals surface area contributed by atoms with E-state index in [1.54, 1.807) is 21.8 Å². The molecule has 1 amide bonds. The summed E-state index contributed by atoms with van der Waals surface area (Å²) < 4.78 is 27.1. The maximum atomic E-state index is 12.6. The van der Waals surface area contributed by atoms with Gasteiger partial charge in [0.2, 0.25) is 5.91 Å². The van der Waals surface area contributed by atoms with Gasteiger partial charge < -0.3 is 10.2 Å². The predicted molar refractivity (Wildman–Crippen MR) is 113 cm³/mol. The zero-order valence-corrected chi connectivity index (χ0v) is 18.4. The molecule has 0 spiro atoms. The molecule has 0 aromatic carbocycles. The van der Waals surface area contributed by atoms with Crippen molar-refractivity contribution < 1.29 is 13.2 Å². The summed E-state index contributed by atoms with van der Waals surface area (Å²) in [5.74, 6) is 1.17. The number of rotatable bonds is 8. The van der Waals surface area contributed by atoms with Crippen LogP contribution < -0.4 is 5.32 Å². The normalized spacial score (nSPS) is 23.0. The Labute approximate surface area is 173 Å². The Bertz CT molecular complexity index is 713. The third-order valence-electron chi connectivity index (χ3n) is 5.85. The van der Waals surface area contributed by atoms with Crippen molar-refractivity contribution in [1.29, 1.82) is 0 Å². The van der Waals surface area contributed by atoms with E-state index < -0.39 is 10.0 Å². The molecule has 1 atom stereocenters. The fourth-order valence-corrected chi connectivity index (χ4v) is 6.86.